The van der Waals surface area contributed by atoms with E-state index in [4.69, 9.17) is 4.74 Å². The molecule has 2 aromatic rings. The third kappa shape index (κ3) is 5.53. The maximum atomic E-state index is 11.4. The highest BCUT2D eigenvalue weighted by atomic mass is 32.1. The molecule has 140 valence electrons. The fraction of sp³-hybridized carbons (Fsp3) is 0.389. The van der Waals surface area contributed by atoms with Crippen LogP contribution in [0.15, 0.2) is 29.6 Å². The minimum Gasteiger partial charge on any atom is -0.497 e. The van der Waals surface area contributed by atoms with Crippen LogP contribution in [0.5, 0.6) is 5.75 Å². The standard InChI is InChI=1S/C18H23N3O4S/c1-12(18(23)24)21(9-8-19-13(2)22)10-15-11-26-17(20-15)14-4-6-16(25-3)7-5-14/h4-7,11-12H,8-10H2,1-3H3,(H,19,22)(H,23,24). The first-order valence-electron chi connectivity index (χ1n) is 8.21. The molecule has 0 aliphatic heterocycles. The van der Waals surface area contributed by atoms with Crippen molar-refractivity contribution in [3.05, 3.63) is 35.3 Å². The molecule has 0 aliphatic carbocycles. The van der Waals surface area contributed by atoms with Crippen LogP contribution < -0.4 is 10.1 Å². The van der Waals surface area contributed by atoms with Crippen LogP contribution in [-0.2, 0) is 16.1 Å². The largest absolute Gasteiger partial charge is 0.497 e. The van der Waals surface area contributed by atoms with Gasteiger partial charge in [-0.05, 0) is 31.2 Å². The quantitative estimate of drug-likeness (QED) is 0.696. The molecular formula is C18H23N3O4S. The van der Waals surface area contributed by atoms with Crippen LogP contribution >= 0.6 is 11.3 Å². The number of ether oxygens (including phenoxy) is 1. The summed E-state index contributed by atoms with van der Waals surface area (Å²) in [6.07, 6.45) is 0. The van der Waals surface area contributed by atoms with Gasteiger partial charge in [-0.3, -0.25) is 14.5 Å². The Bertz CT molecular complexity index is 745. The Labute approximate surface area is 156 Å². The van der Waals surface area contributed by atoms with Crippen molar-refractivity contribution >= 4 is 23.2 Å². The molecule has 0 aliphatic rings. The summed E-state index contributed by atoms with van der Waals surface area (Å²) < 4.78 is 5.16. The molecule has 1 amide bonds. The SMILES string of the molecule is COc1ccc(-c2nc(CN(CCNC(C)=O)C(C)C(=O)O)cs2)cc1. The molecule has 1 heterocycles. The van der Waals surface area contributed by atoms with Crippen LogP contribution in [0.25, 0.3) is 10.6 Å². The van der Waals surface area contributed by atoms with Crippen LogP contribution in [0.1, 0.15) is 19.5 Å². The van der Waals surface area contributed by atoms with Gasteiger partial charge in [0.1, 0.15) is 16.8 Å². The first-order chi connectivity index (χ1) is 12.4. The molecule has 1 aromatic carbocycles. The second kappa shape index (κ2) is 9.30. The number of carbonyl (C=O) groups excluding carboxylic acids is 1. The van der Waals surface area contributed by atoms with E-state index in [9.17, 15) is 14.7 Å². The minimum atomic E-state index is -0.904. The highest BCUT2D eigenvalue weighted by Gasteiger charge is 2.21. The summed E-state index contributed by atoms with van der Waals surface area (Å²) in [5.74, 6) is -0.258. The molecule has 0 saturated heterocycles. The lowest BCUT2D eigenvalue weighted by atomic mass is 10.2. The van der Waals surface area contributed by atoms with E-state index in [1.54, 1.807) is 18.9 Å². The fourth-order valence-electron chi connectivity index (χ4n) is 2.40. The summed E-state index contributed by atoms with van der Waals surface area (Å²) in [5, 5.41) is 14.8. The Morgan fingerprint density at radius 2 is 2.04 bits per heavy atom. The molecule has 1 aromatic heterocycles. The van der Waals surface area contributed by atoms with E-state index < -0.39 is 12.0 Å². The minimum absolute atomic E-state index is 0.136. The van der Waals surface area contributed by atoms with E-state index in [2.05, 4.69) is 10.3 Å². The summed E-state index contributed by atoms with van der Waals surface area (Å²) in [6.45, 7) is 4.30. The normalized spacial score (nSPS) is 12.0. The van der Waals surface area contributed by atoms with Gasteiger partial charge in [-0.1, -0.05) is 0 Å². The predicted molar refractivity (Wildman–Crippen MR) is 100 cm³/mol. The Hall–Kier alpha value is -2.45. The zero-order valence-electron chi connectivity index (χ0n) is 15.1. The molecule has 0 spiro atoms. The van der Waals surface area contributed by atoms with Gasteiger partial charge in [-0.25, -0.2) is 4.98 Å². The molecule has 8 heteroatoms. The van der Waals surface area contributed by atoms with Gasteiger partial charge in [0.2, 0.25) is 5.91 Å². The van der Waals surface area contributed by atoms with Crippen LogP contribution in [0, 0.1) is 0 Å². The monoisotopic (exact) mass is 377 g/mol. The highest BCUT2D eigenvalue weighted by molar-refractivity contribution is 7.13. The summed E-state index contributed by atoms with van der Waals surface area (Å²) in [6, 6.07) is 6.96. The number of nitrogens with one attached hydrogen (secondary N) is 1. The predicted octanol–water partition coefficient (Wildman–Crippen LogP) is 2.23. The van der Waals surface area contributed by atoms with Crippen molar-refractivity contribution in [2.45, 2.75) is 26.4 Å². The number of carboxylic acids is 1. The fourth-order valence-corrected chi connectivity index (χ4v) is 3.21. The van der Waals surface area contributed by atoms with Crippen LogP contribution in [0.3, 0.4) is 0 Å². The van der Waals surface area contributed by atoms with Crippen LogP contribution in [0.2, 0.25) is 0 Å². The molecule has 2 rings (SSSR count). The molecule has 26 heavy (non-hydrogen) atoms. The number of hydrogen-bond donors (Lipinski definition) is 2. The zero-order valence-corrected chi connectivity index (χ0v) is 15.9. The lowest BCUT2D eigenvalue weighted by Gasteiger charge is -2.25. The number of thiazole rings is 1. The van der Waals surface area contributed by atoms with Crippen molar-refractivity contribution in [1.29, 1.82) is 0 Å². The van der Waals surface area contributed by atoms with Gasteiger partial charge in [-0.15, -0.1) is 11.3 Å². The van der Waals surface area contributed by atoms with Gasteiger partial charge in [0.15, 0.2) is 0 Å². The van der Waals surface area contributed by atoms with Gasteiger partial charge in [-0.2, -0.15) is 0 Å². The van der Waals surface area contributed by atoms with Gasteiger partial charge in [0, 0.05) is 37.5 Å². The van der Waals surface area contributed by atoms with E-state index >= 15 is 0 Å². The van der Waals surface area contributed by atoms with E-state index in [1.807, 2.05) is 29.6 Å². The molecular weight excluding hydrogens is 354 g/mol. The molecule has 7 nitrogen and oxygen atoms in total. The van der Waals surface area contributed by atoms with Crippen molar-refractivity contribution in [3.8, 4) is 16.3 Å². The molecule has 0 fully saturated rings. The summed E-state index contributed by atoms with van der Waals surface area (Å²) >= 11 is 1.51. The average molecular weight is 377 g/mol. The summed E-state index contributed by atoms with van der Waals surface area (Å²) in [7, 11) is 1.62. The van der Waals surface area contributed by atoms with E-state index in [0.717, 1.165) is 22.0 Å². The maximum Gasteiger partial charge on any atom is 0.320 e. The average Bonchev–Trinajstić information content (AvgIpc) is 3.08. The first-order valence-corrected chi connectivity index (χ1v) is 9.08. The third-order valence-electron chi connectivity index (χ3n) is 3.93. The Morgan fingerprint density at radius 3 is 2.62 bits per heavy atom. The number of amides is 1. The molecule has 0 bridgehead atoms. The lowest BCUT2D eigenvalue weighted by molar-refractivity contribution is -0.142. The number of carboxylic acid groups (broad SMARTS) is 1. The van der Waals surface area contributed by atoms with Gasteiger partial charge in [0.25, 0.3) is 0 Å². The van der Waals surface area contributed by atoms with Crippen molar-refractivity contribution in [3.63, 3.8) is 0 Å². The number of benzene rings is 1. The topological polar surface area (TPSA) is 91.8 Å². The second-order valence-electron chi connectivity index (χ2n) is 5.84. The molecule has 1 unspecified atom stereocenters. The van der Waals surface area contributed by atoms with Crippen molar-refractivity contribution in [2.24, 2.45) is 0 Å². The number of methoxy groups -OCH3 is 1. The Kier molecular flexibility index (Phi) is 7.11. The molecule has 0 radical (unpaired) electrons. The number of aliphatic carboxylic acids is 1. The number of aromatic nitrogens is 1. The number of rotatable bonds is 9. The van der Waals surface area contributed by atoms with Crippen molar-refractivity contribution in [1.82, 2.24) is 15.2 Å². The Morgan fingerprint density at radius 1 is 1.35 bits per heavy atom. The number of carbonyl (C=O) groups is 2. The molecule has 2 N–H and O–H groups in total. The van der Waals surface area contributed by atoms with Gasteiger partial charge >= 0.3 is 5.97 Å². The molecule has 1 atom stereocenters. The van der Waals surface area contributed by atoms with Crippen LogP contribution in [-0.4, -0.2) is 53.1 Å². The maximum absolute atomic E-state index is 11.4. The second-order valence-corrected chi connectivity index (χ2v) is 6.70. The first kappa shape index (κ1) is 19.9. The van der Waals surface area contributed by atoms with E-state index in [-0.39, 0.29) is 5.91 Å². The summed E-state index contributed by atoms with van der Waals surface area (Å²) in [5.41, 5.74) is 1.79. The Balaban J connectivity index is 2.08. The molecule has 0 saturated carbocycles. The van der Waals surface area contributed by atoms with Gasteiger partial charge < -0.3 is 15.2 Å². The zero-order chi connectivity index (χ0) is 19.1. The highest BCUT2D eigenvalue weighted by Crippen LogP contribution is 2.26. The van der Waals surface area contributed by atoms with Gasteiger partial charge in [0.05, 0.1) is 12.8 Å². The van der Waals surface area contributed by atoms with Crippen LogP contribution in [0.4, 0.5) is 0 Å². The van der Waals surface area contributed by atoms with Crippen molar-refractivity contribution < 1.29 is 19.4 Å². The van der Waals surface area contributed by atoms with E-state index in [1.165, 1.54) is 18.3 Å². The lowest BCUT2D eigenvalue weighted by Crippen LogP contribution is -2.42. The van der Waals surface area contributed by atoms with E-state index in [0.29, 0.717) is 19.6 Å². The number of hydrogen-bond acceptors (Lipinski definition) is 6. The van der Waals surface area contributed by atoms with Crippen molar-refractivity contribution in [2.75, 3.05) is 20.2 Å². The summed E-state index contributed by atoms with van der Waals surface area (Å²) in [4.78, 5) is 28.8. The third-order valence-corrected chi connectivity index (χ3v) is 4.87. The number of nitrogens with zero attached hydrogens (tertiary/aromatic N) is 2. The smallest absolute Gasteiger partial charge is 0.320 e.